The molecule has 1 unspecified atom stereocenters. The van der Waals surface area contributed by atoms with E-state index >= 15 is 0 Å². The number of nitrogens with zero attached hydrogens (tertiary/aromatic N) is 2. The second kappa shape index (κ2) is 6.56. The standard InChI is InChI=1S/C13H21N3O2/c1-3-14-9-11-10-18-8-7-16(11)13-12(17-2)5-4-6-15-13/h4-6,11,14H,3,7-10H2,1-2H3. The van der Waals surface area contributed by atoms with Gasteiger partial charge in [-0.15, -0.1) is 0 Å². The molecule has 1 atom stereocenters. The third-order valence-electron chi connectivity index (χ3n) is 3.10. The Morgan fingerprint density at radius 3 is 3.28 bits per heavy atom. The molecule has 100 valence electrons. The second-order valence-corrected chi connectivity index (χ2v) is 4.26. The molecule has 0 bridgehead atoms. The van der Waals surface area contributed by atoms with Crippen LogP contribution in [0, 0.1) is 0 Å². The van der Waals surface area contributed by atoms with Crippen molar-refractivity contribution in [3.63, 3.8) is 0 Å². The molecular weight excluding hydrogens is 230 g/mol. The molecule has 1 N–H and O–H groups in total. The predicted octanol–water partition coefficient (Wildman–Crippen LogP) is 0.905. The Hall–Kier alpha value is -1.33. The van der Waals surface area contributed by atoms with Gasteiger partial charge in [0, 0.05) is 19.3 Å². The normalized spacial score (nSPS) is 19.9. The first-order chi connectivity index (χ1) is 8.86. The number of hydrogen-bond acceptors (Lipinski definition) is 5. The molecule has 1 aromatic heterocycles. The van der Waals surface area contributed by atoms with Crippen molar-refractivity contribution in [1.29, 1.82) is 0 Å². The molecule has 0 spiro atoms. The number of likely N-dealkylation sites (N-methyl/N-ethyl adjacent to an activating group) is 1. The van der Waals surface area contributed by atoms with Crippen LogP contribution < -0.4 is 15.0 Å². The molecule has 0 amide bonds. The number of morpholine rings is 1. The lowest BCUT2D eigenvalue weighted by atomic mass is 10.2. The van der Waals surface area contributed by atoms with Gasteiger partial charge in [-0.1, -0.05) is 6.92 Å². The molecule has 0 aliphatic carbocycles. The molecule has 0 aromatic carbocycles. The molecule has 1 fully saturated rings. The van der Waals surface area contributed by atoms with Crippen LogP contribution in [-0.4, -0.2) is 51.0 Å². The van der Waals surface area contributed by atoms with Crippen molar-refractivity contribution in [2.45, 2.75) is 13.0 Å². The van der Waals surface area contributed by atoms with Crippen molar-refractivity contribution >= 4 is 5.82 Å². The van der Waals surface area contributed by atoms with E-state index in [0.717, 1.165) is 44.4 Å². The van der Waals surface area contributed by atoms with Crippen LogP contribution in [0.25, 0.3) is 0 Å². The van der Waals surface area contributed by atoms with Crippen molar-refractivity contribution in [3.8, 4) is 5.75 Å². The number of hydrogen-bond donors (Lipinski definition) is 1. The van der Waals surface area contributed by atoms with E-state index in [9.17, 15) is 0 Å². The van der Waals surface area contributed by atoms with Gasteiger partial charge in [-0.2, -0.15) is 0 Å². The topological polar surface area (TPSA) is 46.6 Å². The summed E-state index contributed by atoms with van der Waals surface area (Å²) in [6, 6.07) is 4.15. The quantitative estimate of drug-likeness (QED) is 0.842. The summed E-state index contributed by atoms with van der Waals surface area (Å²) in [5, 5.41) is 3.36. The van der Waals surface area contributed by atoms with Gasteiger partial charge in [0.2, 0.25) is 0 Å². The number of ether oxygens (including phenoxy) is 2. The van der Waals surface area contributed by atoms with Gasteiger partial charge in [0.25, 0.3) is 0 Å². The monoisotopic (exact) mass is 251 g/mol. The zero-order valence-corrected chi connectivity index (χ0v) is 11.1. The Kier molecular flexibility index (Phi) is 4.78. The van der Waals surface area contributed by atoms with E-state index < -0.39 is 0 Å². The van der Waals surface area contributed by atoms with Gasteiger partial charge in [-0.3, -0.25) is 0 Å². The summed E-state index contributed by atoms with van der Waals surface area (Å²) in [5.41, 5.74) is 0. The van der Waals surface area contributed by atoms with Crippen LogP contribution >= 0.6 is 0 Å². The highest BCUT2D eigenvalue weighted by Crippen LogP contribution is 2.27. The van der Waals surface area contributed by atoms with Gasteiger partial charge >= 0.3 is 0 Å². The van der Waals surface area contributed by atoms with Crippen molar-refractivity contribution in [2.24, 2.45) is 0 Å². The lowest BCUT2D eigenvalue weighted by molar-refractivity contribution is 0.0932. The van der Waals surface area contributed by atoms with E-state index in [0.29, 0.717) is 6.04 Å². The van der Waals surface area contributed by atoms with Crippen LogP contribution in [0.1, 0.15) is 6.92 Å². The van der Waals surface area contributed by atoms with Crippen molar-refractivity contribution in [2.75, 3.05) is 44.9 Å². The number of nitrogens with one attached hydrogen (secondary N) is 1. The minimum atomic E-state index is 0.308. The van der Waals surface area contributed by atoms with Gasteiger partial charge < -0.3 is 19.7 Å². The van der Waals surface area contributed by atoms with Crippen LogP contribution in [0.15, 0.2) is 18.3 Å². The second-order valence-electron chi connectivity index (χ2n) is 4.26. The average molecular weight is 251 g/mol. The van der Waals surface area contributed by atoms with Gasteiger partial charge in [0.15, 0.2) is 11.6 Å². The number of anilines is 1. The molecule has 2 rings (SSSR count). The molecule has 1 aliphatic heterocycles. The number of aromatic nitrogens is 1. The Morgan fingerprint density at radius 1 is 1.61 bits per heavy atom. The molecule has 5 heteroatoms. The highest BCUT2D eigenvalue weighted by molar-refractivity contribution is 5.53. The molecule has 1 aromatic rings. The van der Waals surface area contributed by atoms with Crippen molar-refractivity contribution < 1.29 is 9.47 Å². The SMILES string of the molecule is CCNCC1COCCN1c1ncccc1OC. The number of methoxy groups -OCH3 is 1. The average Bonchev–Trinajstić information content (AvgIpc) is 2.45. The Labute approximate surface area is 108 Å². The first kappa shape index (κ1) is 13.1. The Morgan fingerprint density at radius 2 is 2.50 bits per heavy atom. The van der Waals surface area contributed by atoms with E-state index in [-0.39, 0.29) is 0 Å². The summed E-state index contributed by atoms with van der Waals surface area (Å²) in [6.07, 6.45) is 1.80. The van der Waals surface area contributed by atoms with E-state index in [1.807, 2.05) is 12.1 Å². The summed E-state index contributed by atoms with van der Waals surface area (Å²) < 4.78 is 10.9. The summed E-state index contributed by atoms with van der Waals surface area (Å²) in [5.74, 6) is 1.73. The predicted molar refractivity (Wildman–Crippen MR) is 71.3 cm³/mol. The summed E-state index contributed by atoms with van der Waals surface area (Å²) in [6.45, 7) is 6.29. The molecular formula is C13H21N3O2. The van der Waals surface area contributed by atoms with Crippen LogP contribution in [0.2, 0.25) is 0 Å². The first-order valence-corrected chi connectivity index (χ1v) is 6.41. The van der Waals surface area contributed by atoms with Gasteiger partial charge in [-0.25, -0.2) is 4.98 Å². The molecule has 2 heterocycles. The van der Waals surface area contributed by atoms with Crippen molar-refractivity contribution in [3.05, 3.63) is 18.3 Å². The van der Waals surface area contributed by atoms with E-state index in [1.165, 1.54) is 0 Å². The maximum Gasteiger partial charge on any atom is 0.171 e. The van der Waals surface area contributed by atoms with E-state index in [2.05, 4.69) is 22.1 Å². The van der Waals surface area contributed by atoms with Crippen LogP contribution in [0.5, 0.6) is 5.75 Å². The molecule has 1 aliphatic rings. The third kappa shape index (κ3) is 2.91. The Balaban J connectivity index is 2.16. The van der Waals surface area contributed by atoms with Crippen LogP contribution in [0.3, 0.4) is 0 Å². The summed E-state index contributed by atoms with van der Waals surface area (Å²) >= 11 is 0. The van der Waals surface area contributed by atoms with Gasteiger partial charge in [0.1, 0.15) is 0 Å². The Bertz CT molecular complexity index is 373. The van der Waals surface area contributed by atoms with Gasteiger partial charge in [-0.05, 0) is 18.7 Å². The molecule has 0 saturated carbocycles. The third-order valence-corrected chi connectivity index (χ3v) is 3.10. The molecule has 18 heavy (non-hydrogen) atoms. The van der Waals surface area contributed by atoms with Crippen LogP contribution in [-0.2, 0) is 4.74 Å². The maximum absolute atomic E-state index is 5.55. The zero-order valence-electron chi connectivity index (χ0n) is 11.1. The minimum absolute atomic E-state index is 0.308. The number of pyridine rings is 1. The minimum Gasteiger partial charge on any atom is -0.493 e. The first-order valence-electron chi connectivity index (χ1n) is 6.41. The smallest absolute Gasteiger partial charge is 0.171 e. The maximum atomic E-state index is 5.55. The largest absolute Gasteiger partial charge is 0.493 e. The van der Waals surface area contributed by atoms with Crippen molar-refractivity contribution in [1.82, 2.24) is 10.3 Å². The highest BCUT2D eigenvalue weighted by Gasteiger charge is 2.25. The zero-order chi connectivity index (χ0) is 12.8. The fourth-order valence-corrected chi connectivity index (χ4v) is 2.17. The van der Waals surface area contributed by atoms with Gasteiger partial charge in [0.05, 0.1) is 26.4 Å². The lowest BCUT2D eigenvalue weighted by Crippen LogP contribution is -2.51. The summed E-state index contributed by atoms with van der Waals surface area (Å²) in [4.78, 5) is 6.72. The molecule has 1 saturated heterocycles. The molecule has 0 radical (unpaired) electrons. The van der Waals surface area contributed by atoms with E-state index in [1.54, 1.807) is 13.3 Å². The fraction of sp³-hybridized carbons (Fsp3) is 0.615. The lowest BCUT2D eigenvalue weighted by Gasteiger charge is -2.37. The molecule has 5 nitrogen and oxygen atoms in total. The van der Waals surface area contributed by atoms with Crippen LogP contribution in [0.4, 0.5) is 5.82 Å². The van der Waals surface area contributed by atoms with E-state index in [4.69, 9.17) is 9.47 Å². The fourth-order valence-electron chi connectivity index (χ4n) is 2.17. The number of rotatable bonds is 5. The highest BCUT2D eigenvalue weighted by atomic mass is 16.5. The summed E-state index contributed by atoms with van der Waals surface area (Å²) in [7, 11) is 1.68.